The van der Waals surface area contributed by atoms with Crippen molar-refractivity contribution in [1.29, 1.82) is 0 Å². The summed E-state index contributed by atoms with van der Waals surface area (Å²) in [5.41, 5.74) is 1.90. The van der Waals surface area contributed by atoms with Gasteiger partial charge in [0.15, 0.2) is 0 Å². The van der Waals surface area contributed by atoms with Gasteiger partial charge >= 0.3 is 6.09 Å². The number of anilines is 1. The van der Waals surface area contributed by atoms with E-state index in [0.29, 0.717) is 36.8 Å². The standard InChI is InChI=1S/C20H19FN2O4/c21-18-11-15(4-5-17(18)14-6-9-25-10-7-14)23-16(13-27-20(23)24)12-26-19-3-1-2-8-22-19/h1-6,8,11,16H,7,9-10,12-13H2/t16-/m1/s1. The molecule has 0 saturated carbocycles. The molecule has 2 aliphatic rings. The van der Waals surface area contributed by atoms with Gasteiger partial charge in [-0.25, -0.2) is 14.2 Å². The number of pyridine rings is 1. The number of carbonyl (C=O) groups excluding carboxylic acids is 1. The van der Waals surface area contributed by atoms with Gasteiger partial charge in [0, 0.05) is 17.8 Å². The lowest BCUT2D eigenvalue weighted by atomic mass is 10.0. The van der Waals surface area contributed by atoms with E-state index in [4.69, 9.17) is 14.2 Å². The molecule has 1 saturated heterocycles. The van der Waals surface area contributed by atoms with Crippen LogP contribution >= 0.6 is 0 Å². The molecule has 2 aliphatic heterocycles. The van der Waals surface area contributed by atoms with E-state index in [1.807, 2.05) is 12.1 Å². The zero-order valence-electron chi connectivity index (χ0n) is 14.6. The number of aromatic nitrogens is 1. The van der Waals surface area contributed by atoms with Crippen molar-refractivity contribution in [2.75, 3.05) is 31.3 Å². The maximum absolute atomic E-state index is 14.7. The fourth-order valence-corrected chi connectivity index (χ4v) is 3.20. The summed E-state index contributed by atoms with van der Waals surface area (Å²) < 4.78 is 30.7. The molecular formula is C20H19FN2O4. The van der Waals surface area contributed by atoms with Crippen LogP contribution in [-0.4, -0.2) is 43.5 Å². The zero-order valence-corrected chi connectivity index (χ0v) is 14.6. The van der Waals surface area contributed by atoms with E-state index in [2.05, 4.69) is 4.98 Å². The van der Waals surface area contributed by atoms with Crippen molar-refractivity contribution in [3.63, 3.8) is 0 Å². The molecule has 0 N–H and O–H groups in total. The molecule has 3 heterocycles. The van der Waals surface area contributed by atoms with E-state index in [1.165, 1.54) is 11.0 Å². The van der Waals surface area contributed by atoms with Crippen LogP contribution in [-0.2, 0) is 9.47 Å². The molecule has 1 aromatic heterocycles. The fraction of sp³-hybridized carbons (Fsp3) is 0.300. The highest BCUT2D eigenvalue weighted by atomic mass is 19.1. The van der Waals surface area contributed by atoms with E-state index < -0.39 is 6.09 Å². The van der Waals surface area contributed by atoms with E-state index in [-0.39, 0.29) is 25.1 Å². The van der Waals surface area contributed by atoms with Gasteiger partial charge < -0.3 is 14.2 Å². The monoisotopic (exact) mass is 370 g/mol. The van der Waals surface area contributed by atoms with Gasteiger partial charge in [0.25, 0.3) is 0 Å². The van der Waals surface area contributed by atoms with Crippen LogP contribution in [0.4, 0.5) is 14.9 Å². The van der Waals surface area contributed by atoms with Crippen molar-refractivity contribution in [3.8, 4) is 5.88 Å². The number of hydrogen-bond acceptors (Lipinski definition) is 5. The van der Waals surface area contributed by atoms with Crippen LogP contribution in [0.2, 0.25) is 0 Å². The Balaban J connectivity index is 1.52. The second-order valence-corrected chi connectivity index (χ2v) is 6.30. The van der Waals surface area contributed by atoms with E-state index in [1.54, 1.807) is 30.5 Å². The molecule has 27 heavy (non-hydrogen) atoms. The Morgan fingerprint density at radius 3 is 2.96 bits per heavy atom. The molecule has 6 nitrogen and oxygen atoms in total. The topological polar surface area (TPSA) is 60.9 Å². The van der Waals surface area contributed by atoms with Gasteiger partial charge in [0.1, 0.15) is 25.1 Å². The molecule has 7 heteroatoms. The summed E-state index contributed by atoms with van der Waals surface area (Å²) >= 11 is 0. The summed E-state index contributed by atoms with van der Waals surface area (Å²) in [6, 6.07) is 9.78. The van der Waals surface area contributed by atoms with Crippen molar-refractivity contribution >= 4 is 17.4 Å². The van der Waals surface area contributed by atoms with Crippen LogP contribution in [0.3, 0.4) is 0 Å². The first-order chi connectivity index (χ1) is 13.2. The van der Waals surface area contributed by atoms with Gasteiger partial charge in [-0.1, -0.05) is 12.1 Å². The maximum Gasteiger partial charge on any atom is 0.414 e. The van der Waals surface area contributed by atoms with Crippen molar-refractivity contribution in [2.24, 2.45) is 0 Å². The first kappa shape index (κ1) is 17.5. The van der Waals surface area contributed by atoms with Gasteiger partial charge in [-0.05, 0) is 36.3 Å². The quantitative estimate of drug-likeness (QED) is 0.807. The largest absolute Gasteiger partial charge is 0.475 e. The molecule has 1 amide bonds. The normalized spacial score (nSPS) is 19.6. The average molecular weight is 370 g/mol. The predicted octanol–water partition coefficient (Wildman–Crippen LogP) is 3.43. The summed E-state index contributed by atoms with van der Waals surface area (Å²) in [6.45, 7) is 1.45. The molecule has 2 aromatic rings. The summed E-state index contributed by atoms with van der Waals surface area (Å²) in [4.78, 5) is 17.7. The van der Waals surface area contributed by atoms with E-state index in [9.17, 15) is 9.18 Å². The first-order valence-electron chi connectivity index (χ1n) is 8.79. The van der Waals surface area contributed by atoms with Gasteiger partial charge in [0.2, 0.25) is 5.88 Å². The molecule has 0 unspecified atom stereocenters. The third-order valence-corrected chi connectivity index (χ3v) is 4.56. The Bertz CT molecular complexity index is 856. The second kappa shape index (κ2) is 7.75. The fourth-order valence-electron chi connectivity index (χ4n) is 3.20. The highest BCUT2D eigenvalue weighted by Gasteiger charge is 2.35. The number of hydrogen-bond donors (Lipinski definition) is 0. The molecule has 0 aliphatic carbocycles. The molecular weight excluding hydrogens is 351 g/mol. The van der Waals surface area contributed by atoms with Crippen molar-refractivity contribution in [1.82, 2.24) is 4.98 Å². The van der Waals surface area contributed by atoms with Gasteiger partial charge in [-0.15, -0.1) is 0 Å². The van der Waals surface area contributed by atoms with Crippen LogP contribution in [0.5, 0.6) is 5.88 Å². The number of amides is 1. The minimum absolute atomic E-state index is 0.178. The molecule has 0 spiro atoms. The van der Waals surface area contributed by atoms with Crippen LogP contribution in [0.25, 0.3) is 5.57 Å². The molecule has 1 atom stereocenters. The Hall–Kier alpha value is -2.93. The molecule has 4 rings (SSSR count). The van der Waals surface area contributed by atoms with E-state index in [0.717, 1.165) is 5.57 Å². The number of cyclic esters (lactones) is 1. The Morgan fingerprint density at radius 1 is 1.30 bits per heavy atom. The summed E-state index contributed by atoms with van der Waals surface area (Å²) in [7, 11) is 0. The van der Waals surface area contributed by atoms with Crippen LogP contribution in [0.1, 0.15) is 12.0 Å². The number of halogens is 1. The summed E-state index contributed by atoms with van der Waals surface area (Å²) in [6.07, 6.45) is 3.67. The van der Waals surface area contributed by atoms with Gasteiger partial charge in [0.05, 0.1) is 18.9 Å². The van der Waals surface area contributed by atoms with Crippen LogP contribution in [0, 0.1) is 5.82 Å². The first-order valence-corrected chi connectivity index (χ1v) is 8.79. The third kappa shape index (κ3) is 3.78. The lowest BCUT2D eigenvalue weighted by molar-refractivity contribution is 0.161. The third-order valence-electron chi connectivity index (χ3n) is 4.56. The summed E-state index contributed by atoms with van der Waals surface area (Å²) in [5.74, 6) is 0.0922. The Morgan fingerprint density at radius 2 is 2.22 bits per heavy atom. The maximum atomic E-state index is 14.7. The minimum atomic E-state index is -0.512. The molecule has 0 radical (unpaired) electrons. The van der Waals surface area contributed by atoms with Crippen molar-refractivity contribution < 1.29 is 23.4 Å². The minimum Gasteiger partial charge on any atom is -0.475 e. The number of rotatable bonds is 5. The smallest absolute Gasteiger partial charge is 0.414 e. The zero-order chi connectivity index (χ0) is 18.6. The van der Waals surface area contributed by atoms with Gasteiger partial charge in [-0.3, -0.25) is 4.90 Å². The van der Waals surface area contributed by atoms with Crippen LogP contribution in [0.15, 0.2) is 48.7 Å². The SMILES string of the molecule is O=C1OC[C@@H](COc2ccccn2)N1c1ccc(C2=CCOCC2)c(F)c1. The highest BCUT2D eigenvalue weighted by Crippen LogP contribution is 2.30. The Labute approximate surface area is 156 Å². The van der Waals surface area contributed by atoms with Crippen molar-refractivity contribution in [3.05, 3.63) is 60.1 Å². The molecule has 140 valence electrons. The highest BCUT2D eigenvalue weighted by molar-refractivity contribution is 5.90. The lowest BCUT2D eigenvalue weighted by Crippen LogP contribution is -2.38. The van der Waals surface area contributed by atoms with E-state index >= 15 is 0 Å². The van der Waals surface area contributed by atoms with Crippen molar-refractivity contribution in [2.45, 2.75) is 12.5 Å². The Kier molecular flexibility index (Phi) is 5.02. The summed E-state index contributed by atoms with van der Waals surface area (Å²) in [5, 5.41) is 0. The number of benzene rings is 1. The van der Waals surface area contributed by atoms with Crippen LogP contribution < -0.4 is 9.64 Å². The number of ether oxygens (including phenoxy) is 3. The molecule has 1 aromatic carbocycles. The number of nitrogens with zero attached hydrogens (tertiary/aromatic N) is 2. The predicted molar refractivity (Wildman–Crippen MR) is 97.2 cm³/mol. The lowest BCUT2D eigenvalue weighted by Gasteiger charge is -2.22. The second-order valence-electron chi connectivity index (χ2n) is 6.30. The average Bonchev–Trinajstić information content (AvgIpc) is 3.08. The number of carbonyl (C=O) groups is 1. The van der Waals surface area contributed by atoms with Gasteiger partial charge in [-0.2, -0.15) is 0 Å². The molecule has 0 bridgehead atoms. The molecule has 1 fully saturated rings.